The number of cyclic esters (lactones) is 1. The summed E-state index contributed by atoms with van der Waals surface area (Å²) in [6, 6.07) is 13.1. The number of morpholine rings is 1. The molecule has 3 atom stereocenters. The Morgan fingerprint density at radius 3 is 2.50 bits per heavy atom. The summed E-state index contributed by atoms with van der Waals surface area (Å²) in [6.07, 6.45) is 0.201. The molecule has 20 heteroatoms. The van der Waals surface area contributed by atoms with E-state index in [9.17, 15) is 34.5 Å². The predicted octanol–water partition coefficient (Wildman–Crippen LogP) is 8.91. The number of pyridine rings is 2. The second-order valence-corrected chi connectivity index (χ2v) is 24.3. The van der Waals surface area contributed by atoms with Gasteiger partial charge in [-0.15, -0.1) is 0 Å². The second-order valence-electron chi connectivity index (χ2n) is 21.0. The molecule has 17 nitrogen and oxygen atoms in total. The van der Waals surface area contributed by atoms with Gasteiger partial charge in [0.1, 0.15) is 30.5 Å². The fraction of sp³-hybridized carbons (Fsp3) is 0.429. The van der Waals surface area contributed by atoms with Crippen molar-refractivity contribution in [1.82, 2.24) is 30.2 Å². The minimum Gasteiger partial charge on any atom is -0.508 e. The van der Waals surface area contributed by atoms with Crippen LogP contribution in [0.3, 0.4) is 0 Å². The van der Waals surface area contributed by atoms with Gasteiger partial charge in [0.05, 0.1) is 64.1 Å². The van der Waals surface area contributed by atoms with E-state index in [0.717, 1.165) is 30.8 Å². The van der Waals surface area contributed by atoms with Crippen LogP contribution in [0.15, 0.2) is 57.8 Å². The molecule has 1 fully saturated rings. The third-order valence-electron chi connectivity index (χ3n) is 14.9. The number of amides is 2. The number of phenols is 2. The fourth-order valence-electron chi connectivity index (χ4n) is 10.6. The van der Waals surface area contributed by atoms with E-state index in [2.05, 4.69) is 20.7 Å². The van der Waals surface area contributed by atoms with Crippen LogP contribution in [0.1, 0.15) is 121 Å². The van der Waals surface area contributed by atoms with Crippen LogP contribution in [0.5, 0.6) is 11.5 Å². The number of carbonyl (C=O) groups is 3. The molecule has 2 amide bonds. The Bertz CT molecular complexity index is 3370. The molecular weight excluding hydrogens is 1020 g/mol. The minimum absolute atomic E-state index is 0.0185. The molecule has 5 N–H and O–H groups in total. The first-order valence-electron chi connectivity index (χ1n) is 25.6. The van der Waals surface area contributed by atoms with E-state index < -0.39 is 45.7 Å². The molecule has 6 aromatic rings. The first kappa shape index (κ1) is 53.0. The number of ether oxygens (including phenoxy) is 3. The summed E-state index contributed by atoms with van der Waals surface area (Å²) in [4.78, 5) is 62.0. The van der Waals surface area contributed by atoms with Crippen molar-refractivity contribution in [2.45, 2.75) is 115 Å². The number of alkyl carbamates (subject to hydrolysis) is 1. The number of hydrogen-bond acceptors (Lipinski definition) is 16. The molecular formula is C56H61FN6O11S2. The third-order valence-corrected chi connectivity index (χ3v) is 18.7. The average Bonchev–Trinajstić information content (AvgIpc) is 4.03. The third kappa shape index (κ3) is 9.82. The van der Waals surface area contributed by atoms with Gasteiger partial charge >= 0.3 is 12.1 Å². The molecule has 0 radical (unpaired) electrons. The van der Waals surface area contributed by atoms with Crippen molar-refractivity contribution in [2.75, 3.05) is 39.5 Å². The number of esters is 1. The van der Waals surface area contributed by atoms with E-state index in [1.165, 1.54) is 38.3 Å². The van der Waals surface area contributed by atoms with Gasteiger partial charge in [-0.3, -0.25) is 14.5 Å². The minimum atomic E-state index is -2.02. The van der Waals surface area contributed by atoms with E-state index in [1.807, 2.05) is 58.9 Å². The number of hydrogen-bond donors (Lipinski definition) is 5. The maximum absolute atomic E-state index is 15.5. The van der Waals surface area contributed by atoms with Crippen LogP contribution in [-0.4, -0.2) is 102 Å². The van der Waals surface area contributed by atoms with Crippen LogP contribution in [0, 0.1) is 12.7 Å². The van der Waals surface area contributed by atoms with Crippen molar-refractivity contribution >= 4 is 50.5 Å². The van der Waals surface area contributed by atoms with Gasteiger partial charge in [-0.05, 0) is 91.5 Å². The monoisotopic (exact) mass is 1080 g/mol. The van der Waals surface area contributed by atoms with Gasteiger partial charge in [-0.25, -0.2) is 19.0 Å². The van der Waals surface area contributed by atoms with E-state index in [-0.39, 0.29) is 78.0 Å². The number of aromatic hydroxyl groups is 2. The Hall–Kier alpha value is -6.45. The van der Waals surface area contributed by atoms with Gasteiger partial charge in [0.15, 0.2) is 17.1 Å². The molecule has 6 heterocycles. The molecule has 4 aliphatic rings. The smallest absolute Gasteiger partial charge is 0.407 e. The lowest BCUT2D eigenvalue weighted by Crippen LogP contribution is -2.44. The number of nitrogens with one attached hydrogen (secondary N) is 2. The van der Waals surface area contributed by atoms with Crippen molar-refractivity contribution in [3.05, 3.63) is 115 Å². The zero-order valence-electron chi connectivity index (χ0n) is 43.4. The van der Waals surface area contributed by atoms with Crippen LogP contribution in [0.4, 0.5) is 9.18 Å². The highest BCUT2D eigenvalue weighted by atomic mass is 33.1. The Morgan fingerprint density at radius 1 is 1.03 bits per heavy atom. The zero-order chi connectivity index (χ0) is 54.0. The SMILES string of the molecule is CC[C@@]1(O)C(=O)OCc2c1cc1n(c2=O)Cc2c-1nc1cc(F)c(C)c3c1c2[C@H](NC(=O)OCC(C)(C)SSC(C)CNC(=O)c1noc(-c2cc(C(C)C)c(O)cc2O)c1-c1ccc(CN2CCOCC2)cc1)CC3. The first-order valence-corrected chi connectivity index (χ1v) is 27.8. The number of aromatic nitrogens is 3. The van der Waals surface area contributed by atoms with Crippen LogP contribution in [0.25, 0.3) is 44.7 Å². The zero-order valence-corrected chi connectivity index (χ0v) is 45.1. The summed E-state index contributed by atoms with van der Waals surface area (Å²) in [6.45, 7) is 16.9. The van der Waals surface area contributed by atoms with Crippen molar-refractivity contribution < 1.29 is 52.8 Å². The molecule has 10 rings (SSSR count). The summed E-state index contributed by atoms with van der Waals surface area (Å²) in [5.74, 6) is -1.90. The van der Waals surface area contributed by atoms with Crippen LogP contribution < -0.4 is 16.2 Å². The quantitative estimate of drug-likeness (QED) is 0.0477. The lowest BCUT2D eigenvalue weighted by molar-refractivity contribution is -0.172. The predicted molar refractivity (Wildman–Crippen MR) is 287 cm³/mol. The molecule has 3 aromatic carbocycles. The number of phenolic OH excluding ortho intramolecular Hbond substituents is 2. The number of fused-ring (bicyclic) bond motifs is 5. The molecule has 76 heavy (non-hydrogen) atoms. The molecule has 0 spiro atoms. The number of halogens is 1. The molecule has 3 aromatic heterocycles. The maximum Gasteiger partial charge on any atom is 0.407 e. The lowest BCUT2D eigenvalue weighted by Gasteiger charge is -2.31. The molecule has 1 aliphatic carbocycles. The number of aryl methyl sites for hydroxylation is 1. The van der Waals surface area contributed by atoms with Crippen LogP contribution >= 0.6 is 21.6 Å². The number of carbonyl (C=O) groups excluding carboxylic acids is 3. The fourth-order valence-corrected chi connectivity index (χ4v) is 12.9. The molecule has 0 saturated carbocycles. The Morgan fingerprint density at radius 2 is 1.78 bits per heavy atom. The largest absolute Gasteiger partial charge is 0.508 e. The van der Waals surface area contributed by atoms with E-state index in [4.69, 9.17) is 23.7 Å². The van der Waals surface area contributed by atoms with Crippen LogP contribution in [0.2, 0.25) is 0 Å². The summed E-state index contributed by atoms with van der Waals surface area (Å²) >= 11 is 0. The van der Waals surface area contributed by atoms with Gasteiger partial charge in [0, 0.05) is 60.1 Å². The summed E-state index contributed by atoms with van der Waals surface area (Å²) in [7, 11) is 3.01. The van der Waals surface area contributed by atoms with Crippen molar-refractivity contribution in [1.29, 1.82) is 0 Å². The van der Waals surface area contributed by atoms with Gasteiger partial charge in [-0.2, -0.15) is 0 Å². The first-order chi connectivity index (χ1) is 36.3. The van der Waals surface area contributed by atoms with Gasteiger partial charge in [0.25, 0.3) is 11.5 Å². The summed E-state index contributed by atoms with van der Waals surface area (Å²) in [5, 5.41) is 44.1. The maximum atomic E-state index is 15.5. The lowest BCUT2D eigenvalue weighted by atomic mass is 9.81. The highest BCUT2D eigenvalue weighted by molar-refractivity contribution is 8.77. The van der Waals surface area contributed by atoms with Gasteiger partial charge < -0.3 is 49.3 Å². The van der Waals surface area contributed by atoms with Gasteiger partial charge in [0.2, 0.25) is 0 Å². The number of rotatable bonds is 15. The Kier molecular flexibility index (Phi) is 14.5. The molecule has 3 aliphatic heterocycles. The average molecular weight is 1080 g/mol. The topological polar surface area (TPSA) is 228 Å². The number of nitrogens with zero attached hydrogens (tertiary/aromatic N) is 4. The van der Waals surface area contributed by atoms with Crippen LogP contribution in [-0.2, 0) is 50.7 Å². The highest BCUT2D eigenvalue weighted by Crippen LogP contribution is 2.47. The second kappa shape index (κ2) is 20.8. The van der Waals surface area contributed by atoms with E-state index >= 15 is 4.39 Å². The summed E-state index contributed by atoms with van der Waals surface area (Å²) < 4.78 is 39.0. The Balaban J connectivity index is 0.813. The molecule has 400 valence electrons. The molecule has 1 saturated heterocycles. The van der Waals surface area contributed by atoms with Crippen molar-refractivity contribution in [2.24, 2.45) is 0 Å². The number of aliphatic hydroxyl groups is 1. The molecule has 1 unspecified atom stereocenters. The van der Waals surface area contributed by atoms with Crippen molar-refractivity contribution in [3.8, 4) is 45.3 Å². The Labute approximate surface area is 446 Å². The number of benzene rings is 3. The normalized spacial score (nSPS) is 18.5. The molecule has 0 bridgehead atoms. The van der Waals surface area contributed by atoms with Crippen molar-refractivity contribution in [3.63, 3.8) is 0 Å². The van der Waals surface area contributed by atoms with E-state index in [0.29, 0.717) is 87.3 Å². The van der Waals surface area contributed by atoms with Gasteiger partial charge in [-0.1, -0.05) is 78.7 Å². The standard InChI is InChI=1S/C56H61FN6O11S2/c1-8-56(70)38-20-42-48-36(25-63(42)52(67)37(38)26-72-53(56)68)47-40(14-13-33-30(5)39(57)21-41(59-48)46(33)47)60-54(69)73-27-55(6,7)76-75-29(4)23-58-51(66)49-45(32-11-9-31(10-12-32)24-62-15-17-71-18-16-62)50(74-61-49)35-19-34(28(2)3)43(64)22-44(35)65/h9-12,19-22,28-29,40,64-65,70H,8,13-18,23-27H2,1-7H3,(H,58,66)(H,60,69)/t29?,40-,56+/m1/s1. The summed E-state index contributed by atoms with van der Waals surface area (Å²) in [5.41, 5.74) is 4.76. The van der Waals surface area contributed by atoms with E-state index in [1.54, 1.807) is 26.0 Å². The highest BCUT2D eigenvalue weighted by Gasteiger charge is 2.46.